The monoisotopic (exact) mass is 329 g/mol. The van der Waals surface area contributed by atoms with Crippen LogP contribution in [0.3, 0.4) is 0 Å². The summed E-state index contributed by atoms with van der Waals surface area (Å²) in [4.78, 5) is -0.00332. The van der Waals surface area contributed by atoms with Gasteiger partial charge in [-0.25, -0.2) is 8.42 Å². The Morgan fingerprint density at radius 2 is 2.19 bits per heavy atom. The first kappa shape index (κ1) is 16.3. The average Bonchev–Trinajstić information content (AvgIpc) is 2.77. The molecule has 0 amide bonds. The fraction of sp³-hybridized carbons (Fsp3) is 0.429. The molecule has 2 rings (SSSR count). The molecule has 5 nitrogen and oxygen atoms in total. The van der Waals surface area contributed by atoms with Crippen LogP contribution in [0.2, 0.25) is 5.02 Å². The Morgan fingerprint density at radius 1 is 1.48 bits per heavy atom. The van der Waals surface area contributed by atoms with Crippen LogP contribution < -0.4 is 0 Å². The molecule has 1 heterocycles. The number of nitrogens with zero attached hydrogens (tertiary/aromatic N) is 1. The van der Waals surface area contributed by atoms with Crippen molar-refractivity contribution in [2.45, 2.75) is 23.8 Å². The van der Waals surface area contributed by atoms with Gasteiger partial charge in [-0.05, 0) is 31.5 Å². The van der Waals surface area contributed by atoms with Crippen LogP contribution in [0.4, 0.5) is 0 Å². The highest BCUT2D eigenvalue weighted by Crippen LogP contribution is 2.30. The van der Waals surface area contributed by atoms with Crippen molar-refractivity contribution in [1.82, 2.24) is 4.31 Å². The van der Waals surface area contributed by atoms with E-state index < -0.39 is 15.6 Å². The molecule has 1 aromatic rings. The number of β-amino-alcohol motifs (C(OH)–C–C–N with tert-alkyl or cyclic N) is 1. The van der Waals surface area contributed by atoms with Crippen LogP contribution in [0.25, 0.3) is 0 Å². The minimum atomic E-state index is -3.73. The number of hydrogen-bond donors (Lipinski definition) is 2. The molecule has 1 aliphatic rings. The molecular weight excluding hydrogens is 314 g/mol. The summed E-state index contributed by atoms with van der Waals surface area (Å²) in [5, 5.41) is 18.6. The number of hydrogen-bond acceptors (Lipinski definition) is 4. The second-order valence-electron chi connectivity index (χ2n) is 5.19. The highest BCUT2D eigenvalue weighted by Gasteiger charge is 2.39. The first-order valence-electron chi connectivity index (χ1n) is 6.38. The molecule has 0 spiro atoms. The van der Waals surface area contributed by atoms with Gasteiger partial charge in [0.05, 0.1) is 10.6 Å². The predicted octanol–water partition coefficient (Wildman–Crippen LogP) is 0.829. The van der Waals surface area contributed by atoms with Crippen LogP contribution in [0.15, 0.2) is 23.1 Å². The largest absolute Gasteiger partial charge is 0.389 e. The zero-order valence-electron chi connectivity index (χ0n) is 11.5. The molecule has 1 aliphatic heterocycles. The first-order chi connectivity index (χ1) is 9.76. The van der Waals surface area contributed by atoms with Crippen molar-refractivity contribution >= 4 is 21.6 Å². The van der Waals surface area contributed by atoms with Gasteiger partial charge >= 0.3 is 0 Å². The van der Waals surface area contributed by atoms with Crippen LogP contribution in [0, 0.1) is 11.8 Å². The molecule has 0 aliphatic carbocycles. The summed E-state index contributed by atoms with van der Waals surface area (Å²) >= 11 is 6.04. The zero-order valence-corrected chi connectivity index (χ0v) is 13.1. The summed E-state index contributed by atoms with van der Waals surface area (Å²) in [6.45, 7) is 1.65. The zero-order chi connectivity index (χ0) is 15.7. The van der Waals surface area contributed by atoms with Crippen LogP contribution in [-0.2, 0) is 10.0 Å². The highest BCUT2D eigenvalue weighted by atomic mass is 35.5. The van der Waals surface area contributed by atoms with Gasteiger partial charge in [0.25, 0.3) is 0 Å². The lowest BCUT2D eigenvalue weighted by atomic mass is 10.1. The van der Waals surface area contributed by atoms with Crippen molar-refractivity contribution in [3.05, 3.63) is 28.8 Å². The second-order valence-corrected chi connectivity index (χ2v) is 7.50. The van der Waals surface area contributed by atoms with Crippen molar-refractivity contribution in [3.63, 3.8) is 0 Å². The molecule has 0 saturated carbocycles. The van der Waals surface area contributed by atoms with E-state index in [1.54, 1.807) is 6.92 Å². The van der Waals surface area contributed by atoms with Gasteiger partial charge in [0.1, 0.15) is 11.5 Å². The van der Waals surface area contributed by atoms with E-state index in [1.165, 1.54) is 22.5 Å². The molecule has 21 heavy (non-hydrogen) atoms. The molecule has 0 aromatic heterocycles. The number of halogens is 1. The van der Waals surface area contributed by atoms with Gasteiger partial charge in [0.15, 0.2) is 0 Å². The van der Waals surface area contributed by atoms with Gasteiger partial charge in [-0.2, -0.15) is 4.31 Å². The molecule has 2 N–H and O–H groups in total. The Hall–Kier alpha value is -1.10. The van der Waals surface area contributed by atoms with Crippen molar-refractivity contribution in [2.75, 3.05) is 19.7 Å². The number of benzene rings is 1. The molecular formula is C14H16ClNO4S. The minimum absolute atomic E-state index is 0.00332. The van der Waals surface area contributed by atoms with E-state index in [1.807, 2.05) is 0 Å². The molecule has 1 saturated heterocycles. The summed E-state index contributed by atoms with van der Waals surface area (Å²) in [7, 11) is -3.73. The maximum Gasteiger partial charge on any atom is 0.244 e. The van der Waals surface area contributed by atoms with E-state index >= 15 is 0 Å². The van der Waals surface area contributed by atoms with Gasteiger partial charge in [0, 0.05) is 18.7 Å². The molecule has 0 radical (unpaired) electrons. The lowest BCUT2D eigenvalue weighted by Gasteiger charge is -2.19. The molecule has 114 valence electrons. The molecule has 0 bridgehead atoms. The number of aliphatic hydroxyl groups is 2. The van der Waals surface area contributed by atoms with Crippen LogP contribution in [0.1, 0.15) is 18.9 Å². The third-order valence-electron chi connectivity index (χ3n) is 3.28. The lowest BCUT2D eigenvalue weighted by molar-refractivity contribution is 0.0762. The Morgan fingerprint density at radius 3 is 2.71 bits per heavy atom. The smallest absolute Gasteiger partial charge is 0.244 e. The SMILES string of the molecule is CC1(O)CCN(S(=O)(=O)c2ccc(C#CCO)cc2Cl)C1. The summed E-state index contributed by atoms with van der Waals surface area (Å²) in [5.41, 5.74) is -0.479. The fourth-order valence-corrected chi connectivity index (χ4v) is 4.25. The fourth-order valence-electron chi connectivity index (χ4n) is 2.18. The van der Waals surface area contributed by atoms with Crippen molar-refractivity contribution in [1.29, 1.82) is 0 Å². The normalized spacial score (nSPS) is 22.9. The summed E-state index contributed by atoms with van der Waals surface area (Å²) in [6, 6.07) is 4.38. The maximum absolute atomic E-state index is 12.5. The molecule has 1 aromatic carbocycles. The Bertz CT molecular complexity index is 703. The number of rotatable bonds is 2. The van der Waals surface area contributed by atoms with Gasteiger partial charge in [-0.1, -0.05) is 23.4 Å². The third-order valence-corrected chi connectivity index (χ3v) is 5.61. The van der Waals surface area contributed by atoms with Gasteiger partial charge in [0.2, 0.25) is 10.0 Å². The number of aliphatic hydroxyl groups excluding tert-OH is 1. The molecule has 1 atom stereocenters. The van der Waals surface area contributed by atoms with Gasteiger partial charge in [-0.3, -0.25) is 0 Å². The standard InChI is InChI=1S/C14H16ClNO4S/c1-14(18)6-7-16(10-14)21(19,20)13-5-4-11(3-2-8-17)9-12(13)15/h4-5,9,17-18H,6-8,10H2,1H3. The highest BCUT2D eigenvalue weighted by molar-refractivity contribution is 7.89. The maximum atomic E-state index is 12.5. The van der Waals surface area contributed by atoms with Gasteiger partial charge in [-0.15, -0.1) is 0 Å². The van der Waals surface area contributed by atoms with Crippen molar-refractivity contribution < 1.29 is 18.6 Å². The molecule has 1 fully saturated rings. The number of sulfonamides is 1. The molecule has 7 heteroatoms. The summed E-state index contributed by atoms with van der Waals surface area (Å²) < 4.78 is 26.3. The van der Waals surface area contributed by atoms with E-state index in [0.717, 1.165) is 0 Å². The van der Waals surface area contributed by atoms with Crippen molar-refractivity contribution in [2.24, 2.45) is 0 Å². The first-order valence-corrected chi connectivity index (χ1v) is 8.20. The Balaban J connectivity index is 2.33. The van der Waals surface area contributed by atoms with Crippen LogP contribution >= 0.6 is 11.6 Å². The Kier molecular flexibility index (Phi) is 4.61. The lowest BCUT2D eigenvalue weighted by Crippen LogP contribution is -2.34. The topological polar surface area (TPSA) is 77.8 Å². The average molecular weight is 330 g/mol. The van der Waals surface area contributed by atoms with E-state index in [4.69, 9.17) is 16.7 Å². The summed E-state index contributed by atoms with van der Waals surface area (Å²) in [6.07, 6.45) is 0.393. The minimum Gasteiger partial charge on any atom is -0.389 e. The predicted molar refractivity (Wildman–Crippen MR) is 79.4 cm³/mol. The molecule has 1 unspecified atom stereocenters. The van der Waals surface area contributed by atoms with Crippen molar-refractivity contribution in [3.8, 4) is 11.8 Å². The summed E-state index contributed by atoms with van der Waals surface area (Å²) in [5.74, 6) is 5.13. The van der Waals surface area contributed by atoms with E-state index in [9.17, 15) is 13.5 Å². The van der Waals surface area contributed by atoms with Gasteiger partial charge < -0.3 is 10.2 Å². The second kappa shape index (κ2) is 5.95. The van der Waals surface area contributed by atoms with Crippen LogP contribution in [-0.4, -0.2) is 48.2 Å². The van der Waals surface area contributed by atoms with Crippen LogP contribution in [0.5, 0.6) is 0 Å². The van der Waals surface area contributed by atoms with E-state index in [2.05, 4.69) is 11.8 Å². The van der Waals surface area contributed by atoms with E-state index in [-0.39, 0.29) is 29.6 Å². The van der Waals surface area contributed by atoms with E-state index in [0.29, 0.717) is 12.0 Å². The Labute approximate surface area is 129 Å². The quantitative estimate of drug-likeness (QED) is 0.788. The third kappa shape index (κ3) is 3.57.